The molecule has 2 rings (SSSR count). The average Bonchev–Trinajstić information content (AvgIpc) is 3.00. The lowest BCUT2D eigenvalue weighted by molar-refractivity contribution is -0.130. The van der Waals surface area contributed by atoms with E-state index < -0.39 is 0 Å². The summed E-state index contributed by atoms with van der Waals surface area (Å²) in [5.74, 6) is 0.326. The Morgan fingerprint density at radius 1 is 1.44 bits per heavy atom. The average molecular weight is 225 g/mol. The van der Waals surface area contributed by atoms with Crippen LogP contribution in [0.5, 0.6) is 0 Å². The second-order valence-electron chi connectivity index (χ2n) is 4.93. The molecule has 2 fully saturated rings. The van der Waals surface area contributed by atoms with Gasteiger partial charge in [0.25, 0.3) is 0 Å². The zero-order valence-electron chi connectivity index (χ0n) is 10.6. The van der Waals surface area contributed by atoms with Crippen LogP contribution in [0.2, 0.25) is 0 Å². The molecule has 16 heavy (non-hydrogen) atoms. The van der Waals surface area contributed by atoms with E-state index in [9.17, 15) is 4.79 Å². The smallest absolute Gasteiger partial charge is 0.244 e. The summed E-state index contributed by atoms with van der Waals surface area (Å²) < 4.78 is 0. The molecule has 1 aliphatic heterocycles. The van der Waals surface area contributed by atoms with Crippen LogP contribution in [0.1, 0.15) is 33.6 Å². The number of likely N-dealkylation sites (N-methyl/N-ethyl adjacent to an activating group) is 1. The third-order valence-corrected chi connectivity index (χ3v) is 3.92. The Hall–Kier alpha value is -0.610. The third kappa shape index (κ3) is 1.96. The van der Waals surface area contributed by atoms with E-state index in [1.807, 2.05) is 4.90 Å². The van der Waals surface area contributed by atoms with E-state index >= 15 is 0 Å². The number of hydrogen-bond acceptors (Lipinski definition) is 3. The van der Waals surface area contributed by atoms with Crippen molar-refractivity contribution >= 4 is 5.91 Å². The molecule has 1 amide bonds. The molecule has 1 atom stereocenters. The van der Waals surface area contributed by atoms with Crippen LogP contribution in [0.3, 0.4) is 0 Å². The first kappa shape index (κ1) is 11.9. The minimum atomic E-state index is -0.150. The second kappa shape index (κ2) is 4.34. The van der Waals surface area contributed by atoms with Crippen LogP contribution in [0.4, 0.5) is 0 Å². The first-order chi connectivity index (χ1) is 7.63. The van der Waals surface area contributed by atoms with Gasteiger partial charge in [-0.3, -0.25) is 10.1 Å². The third-order valence-electron chi connectivity index (χ3n) is 3.92. The van der Waals surface area contributed by atoms with Crippen LogP contribution < -0.4 is 5.32 Å². The normalized spacial score (nSPS) is 27.1. The lowest BCUT2D eigenvalue weighted by atomic mass is 10.3. The number of carbonyl (C=O) groups is 1. The maximum atomic E-state index is 12.1. The predicted molar refractivity (Wildman–Crippen MR) is 64.1 cm³/mol. The molecule has 0 radical (unpaired) electrons. The zero-order valence-corrected chi connectivity index (χ0v) is 10.6. The van der Waals surface area contributed by atoms with E-state index in [1.165, 1.54) is 0 Å². The van der Waals surface area contributed by atoms with Gasteiger partial charge in [-0.15, -0.1) is 0 Å². The van der Waals surface area contributed by atoms with Gasteiger partial charge in [-0.2, -0.15) is 0 Å². The van der Waals surface area contributed by atoms with E-state index in [1.54, 1.807) is 0 Å². The van der Waals surface area contributed by atoms with Gasteiger partial charge >= 0.3 is 0 Å². The summed E-state index contributed by atoms with van der Waals surface area (Å²) in [5.41, 5.74) is -0.150. The quantitative estimate of drug-likeness (QED) is 0.746. The SMILES string of the molecule is CCN(CC)CCN1C(=O)C2(CC2)NC1C. The van der Waals surface area contributed by atoms with E-state index in [0.29, 0.717) is 5.91 Å². The fourth-order valence-corrected chi connectivity index (χ4v) is 2.56. The van der Waals surface area contributed by atoms with Gasteiger partial charge in [0.1, 0.15) is 0 Å². The Morgan fingerprint density at radius 2 is 2.06 bits per heavy atom. The number of carbonyl (C=O) groups excluding carboxylic acids is 1. The highest BCUT2D eigenvalue weighted by Gasteiger charge is 2.57. The van der Waals surface area contributed by atoms with Gasteiger partial charge in [-0.1, -0.05) is 13.8 Å². The molecule has 0 bridgehead atoms. The van der Waals surface area contributed by atoms with Gasteiger partial charge < -0.3 is 9.80 Å². The van der Waals surface area contributed by atoms with Crippen LogP contribution in [-0.2, 0) is 4.79 Å². The molecule has 4 nitrogen and oxygen atoms in total. The molecule has 1 heterocycles. The number of nitrogens with one attached hydrogen (secondary N) is 1. The summed E-state index contributed by atoms with van der Waals surface area (Å²) in [5, 5.41) is 3.42. The Kier molecular flexibility index (Phi) is 3.22. The number of nitrogens with zero attached hydrogens (tertiary/aromatic N) is 2. The molecule has 4 heteroatoms. The second-order valence-corrected chi connectivity index (χ2v) is 4.93. The van der Waals surface area contributed by atoms with Crippen molar-refractivity contribution in [2.45, 2.75) is 45.3 Å². The van der Waals surface area contributed by atoms with Gasteiger partial charge in [0.2, 0.25) is 5.91 Å². The highest BCUT2D eigenvalue weighted by Crippen LogP contribution is 2.41. The summed E-state index contributed by atoms with van der Waals surface area (Å²) in [4.78, 5) is 16.5. The van der Waals surface area contributed by atoms with Crippen molar-refractivity contribution in [3.63, 3.8) is 0 Å². The van der Waals surface area contributed by atoms with Gasteiger partial charge in [0.05, 0.1) is 11.7 Å². The van der Waals surface area contributed by atoms with Crippen molar-refractivity contribution in [3.8, 4) is 0 Å². The van der Waals surface area contributed by atoms with Crippen LogP contribution in [0, 0.1) is 0 Å². The van der Waals surface area contributed by atoms with Crippen LogP contribution in [0.15, 0.2) is 0 Å². The Balaban J connectivity index is 1.87. The predicted octanol–water partition coefficient (Wildman–Crippen LogP) is 0.639. The van der Waals surface area contributed by atoms with Crippen LogP contribution >= 0.6 is 0 Å². The summed E-state index contributed by atoms with van der Waals surface area (Å²) in [6.45, 7) is 10.4. The minimum Gasteiger partial charge on any atom is -0.325 e. The molecule has 1 saturated carbocycles. The number of amides is 1. The van der Waals surface area contributed by atoms with E-state index in [0.717, 1.165) is 39.0 Å². The molecule has 0 aromatic heterocycles. The van der Waals surface area contributed by atoms with Crippen LogP contribution in [0.25, 0.3) is 0 Å². The van der Waals surface area contributed by atoms with E-state index in [2.05, 4.69) is 31.0 Å². The van der Waals surface area contributed by atoms with Gasteiger partial charge in [0, 0.05) is 13.1 Å². The fraction of sp³-hybridized carbons (Fsp3) is 0.917. The Bertz CT molecular complexity index is 271. The summed E-state index contributed by atoms with van der Waals surface area (Å²) in [6, 6.07) is 0. The Morgan fingerprint density at radius 3 is 2.50 bits per heavy atom. The van der Waals surface area contributed by atoms with Crippen molar-refractivity contribution in [2.75, 3.05) is 26.2 Å². The first-order valence-corrected chi connectivity index (χ1v) is 6.44. The molecule has 1 unspecified atom stereocenters. The van der Waals surface area contributed by atoms with Gasteiger partial charge in [-0.05, 0) is 32.9 Å². The maximum absolute atomic E-state index is 12.1. The van der Waals surface area contributed by atoms with Crippen molar-refractivity contribution in [1.29, 1.82) is 0 Å². The first-order valence-electron chi connectivity index (χ1n) is 6.44. The number of rotatable bonds is 5. The molecular weight excluding hydrogens is 202 g/mol. The monoisotopic (exact) mass is 225 g/mol. The van der Waals surface area contributed by atoms with Crippen molar-refractivity contribution in [1.82, 2.24) is 15.1 Å². The summed E-state index contributed by atoms with van der Waals surface area (Å²) >= 11 is 0. The van der Waals surface area contributed by atoms with Crippen molar-refractivity contribution in [3.05, 3.63) is 0 Å². The standard InChI is InChI=1S/C12H23N3O/c1-4-14(5-2)8-9-15-10(3)13-12(6-7-12)11(15)16/h10,13H,4-9H2,1-3H3. The largest absolute Gasteiger partial charge is 0.325 e. The zero-order chi connectivity index (χ0) is 11.8. The molecular formula is C12H23N3O. The topological polar surface area (TPSA) is 35.6 Å². The van der Waals surface area contributed by atoms with Crippen molar-refractivity contribution in [2.24, 2.45) is 0 Å². The maximum Gasteiger partial charge on any atom is 0.244 e. The lowest BCUT2D eigenvalue weighted by Crippen LogP contribution is -2.41. The minimum absolute atomic E-state index is 0.150. The van der Waals surface area contributed by atoms with E-state index in [4.69, 9.17) is 0 Å². The Labute approximate surface area is 98.0 Å². The highest BCUT2D eigenvalue weighted by molar-refractivity contribution is 5.91. The summed E-state index contributed by atoms with van der Waals surface area (Å²) in [6.07, 6.45) is 2.26. The fourth-order valence-electron chi connectivity index (χ4n) is 2.56. The lowest BCUT2D eigenvalue weighted by Gasteiger charge is -2.25. The molecule has 1 saturated heterocycles. The molecule has 2 aliphatic rings. The molecule has 1 spiro atoms. The molecule has 1 aliphatic carbocycles. The number of hydrogen-bond donors (Lipinski definition) is 1. The summed E-state index contributed by atoms with van der Waals surface area (Å²) in [7, 11) is 0. The van der Waals surface area contributed by atoms with Crippen molar-refractivity contribution < 1.29 is 4.79 Å². The molecule has 0 aromatic rings. The molecule has 0 aromatic carbocycles. The molecule has 1 N–H and O–H groups in total. The highest BCUT2D eigenvalue weighted by atomic mass is 16.2. The van der Waals surface area contributed by atoms with Gasteiger partial charge in [0.15, 0.2) is 0 Å². The van der Waals surface area contributed by atoms with Crippen LogP contribution in [-0.4, -0.2) is 53.6 Å². The van der Waals surface area contributed by atoms with Gasteiger partial charge in [-0.25, -0.2) is 0 Å². The molecule has 92 valence electrons. The van der Waals surface area contributed by atoms with E-state index in [-0.39, 0.29) is 11.7 Å².